The van der Waals surface area contributed by atoms with Crippen molar-refractivity contribution < 1.29 is 15.0 Å². The molecule has 1 heterocycles. The second kappa shape index (κ2) is 20.0. The van der Waals surface area contributed by atoms with Crippen LogP contribution in [0.4, 0.5) is 5.69 Å². The van der Waals surface area contributed by atoms with Crippen LogP contribution in [0.3, 0.4) is 0 Å². The summed E-state index contributed by atoms with van der Waals surface area (Å²) >= 11 is 0. The number of carbonyl (C=O) groups excluding carboxylic acids is 1. The van der Waals surface area contributed by atoms with Crippen molar-refractivity contribution in [2.45, 2.75) is 59.5 Å². The highest BCUT2D eigenvalue weighted by Crippen LogP contribution is 2.21. The van der Waals surface area contributed by atoms with Crippen LogP contribution in [0.5, 0.6) is 5.75 Å². The summed E-state index contributed by atoms with van der Waals surface area (Å²) in [5.74, 6) is 0.310. The molecule has 0 amide bonds. The van der Waals surface area contributed by atoms with Crippen LogP contribution in [0.25, 0.3) is 11.1 Å². The zero-order valence-electron chi connectivity index (χ0n) is 25.4. The quantitative estimate of drug-likeness (QED) is 0.211. The molecular formula is C35H47N3O3. The Labute approximate surface area is 247 Å². The van der Waals surface area contributed by atoms with Gasteiger partial charge in [0.1, 0.15) is 12.0 Å². The number of hydrogen-bond acceptors (Lipinski definition) is 6. The van der Waals surface area contributed by atoms with Gasteiger partial charge in [-0.1, -0.05) is 68.8 Å². The van der Waals surface area contributed by atoms with Crippen molar-refractivity contribution in [1.82, 2.24) is 4.90 Å². The zero-order chi connectivity index (χ0) is 30.6. The maximum absolute atomic E-state index is 9.17. The van der Waals surface area contributed by atoms with Gasteiger partial charge in [-0.3, -0.25) is 4.90 Å². The van der Waals surface area contributed by atoms with Crippen LogP contribution in [-0.2, 0) is 11.2 Å². The van der Waals surface area contributed by atoms with E-state index >= 15 is 0 Å². The molecule has 41 heavy (non-hydrogen) atoms. The van der Waals surface area contributed by atoms with E-state index in [1.165, 1.54) is 23.1 Å². The van der Waals surface area contributed by atoms with Crippen LogP contribution in [0, 0.1) is 18.3 Å². The Bertz CT molecular complexity index is 1210. The van der Waals surface area contributed by atoms with E-state index in [1.54, 1.807) is 12.1 Å². The molecule has 4 rings (SSSR count). The Balaban J connectivity index is 0.000000303. The predicted octanol–water partition coefficient (Wildman–Crippen LogP) is 7.14. The monoisotopic (exact) mass is 557 g/mol. The number of nitrogens with zero attached hydrogens (tertiary/aromatic N) is 2. The Morgan fingerprint density at radius 2 is 1.80 bits per heavy atom. The molecule has 6 heteroatoms. The van der Waals surface area contributed by atoms with Gasteiger partial charge < -0.3 is 20.3 Å². The number of aliphatic hydroxyl groups excluding tert-OH is 1. The fourth-order valence-electron chi connectivity index (χ4n) is 4.17. The molecule has 3 N–H and O–H groups in total. The number of aromatic hydroxyl groups is 1. The van der Waals surface area contributed by atoms with E-state index in [4.69, 9.17) is 15.5 Å². The third kappa shape index (κ3) is 14.9. The highest BCUT2D eigenvalue weighted by atomic mass is 16.3. The van der Waals surface area contributed by atoms with Gasteiger partial charge in [0.15, 0.2) is 0 Å². The van der Waals surface area contributed by atoms with Gasteiger partial charge in [-0.05, 0) is 73.2 Å². The van der Waals surface area contributed by atoms with Crippen molar-refractivity contribution in [2.24, 2.45) is 0 Å². The fraction of sp³-hybridized carbons (Fsp3) is 0.371. The molecule has 1 aliphatic heterocycles. The van der Waals surface area contributed by atoms with Crippen molar-refractivity contribution >= 4 is 12.0 Å². The van der Waals surface area contributed by atoms with E-state index in [0.717, 1.165) is 55.6 Å². The SMILES string of the molecule is C=C(C)CN1CCC(O)C1.CCC=O.CCCc1ccc(-c2cccc(C#N)c2)cc1.CNc1cc(C)cc(O)c1. The van der Waals surface area contributed by atoms with Gasteiger partial charge >= 0.3 is 0 Å². The minimum atomic E-state index is -0.0978. The number of phenolic OH excluding ortho intramolecular Hbond substituents is 1. The van der Waals surface area contributed by atoms with Crippen molar-refractivity contribution in [1.29, 1.82) is 5.26 Å². The lowest BCUT2D eigenvalue weighted by Gasteiger charge is -2.13. The Hall–Kier alpha value is -3.92. The molecule has 3 aromatic carbocycles. The minimum absolute atomic E-state index is 0.0978. The number of aliphatic hydroxyl groups is 1. The first-order valence-electron chi connectivity index (χ1n) is 14.2. The molecular weight excluding hydrogens is 510 g/mol. The number of aryl methyl sites for hydroxylation is 2. The summed E-state index contributed by atoms with van der Waals surface area (Å²) in [5.41, 5.74) is 7.53. The first kappa shape index (κ1) is 35.1. The van der Waals surface area contributed by atoms with E-state index < -0.39 is 0 Å². The molecule has 6 nitrogen and oxygen atoms in total. The Morgan fingerprint density at radius 3 is 2.29 bits per heavy atom. The molecule has 0 spiro atoms. The third-order valence-corrected chi connectivity index (χ3v) is 6.08. The normalized spacial score (nSPS) is 13.6. The van der Waals surface area contributed by atoms with Gasteiger partial charge in [0.25, 0.3) is 0 Å². The number of nitrogens with one attached hydrogen (secondary N) is 1. The van der Waals surface area contributed by atoms with Crippen LogP contribution >= 0.6 is 0 Å². The summed E-state index contributed by atoms with van der Waals surface area (Å²) < 4.78 is 0. The lowest BCUT2D eigenvalue weighted by molar-refractivity contribution is -0.107. The smallest absolute Gasteiger partial charge is 0.119 e. The van der Waals surface area contributed by atoms with Crippen molar-refractivity contribution in [3.05, 3.63) is 95.6 Å². The van der Waals surface area contributed by atoms with Gasteiger partial charge in [-0.2, -0.15) is 5.26 Å². The second-order valence-electron chi connectivity index (χ2n) is 10.2. The van der Waals surface area contributed by atoms with Crippen molar-refractivity contribution in [2.75, 3.05) is 32.0 Å². The highest BCUT2D eigenvalue weighted by Gasteiger charge is 2.19. The van der Waals surface area contributed by atoms with E-state index in [-0.39, 0.29) is 6.10 Å². The molecule has 0 radical (unpaired) electrons. The molecule has 0 aliphatic carbocycles. The number of rotatable bonds is 7. The van der Waals surface area contributed by atoms with Crippen molar-refractivity contribution in [3.8, 4) is 22.9 Å². The molecule has 220 valence electrons. The predicted molar refractivity (Wildman–Crippen MR) is 171 cm³/mol. The van der Waals surface area contributed by atoms with Crippen molar-refractivity contribution in [3.63, 3.8) is 0 Å². The van der Waals surface area contributed by atoms with E-state index in [0.29, 0.717) is 17.7 Å². The summed E-state index contributed by atoms with van der Waals surface area (Å²) in [6.07, 6.45) is 4.63. The first-order chi connectivity index (χ1) is 19.6. The van der Waals surface area contributed by atoms with Gasteiger partial charge in [0, 0.05) is 44.9 Å². The average molecular weight is 558 g/mol. The van der Waals surface area contributed by atoms with Crippen LogP contribution in [0.1, 0.15) is 56.7 Å². The summed E-state index contributed by atoms with van der Waals surface area (Å²) in [6.45, 7) is 14.6. The number of anilines is 1. The minimum Gasteiger partial charge on any atom is -0.508 e. The molecule has 0 bridgehead atoms. The zero-order valence-corrected chi connectivity index (χ0v) is 25.4. The number of phenols is 1. The average Bonchev–Trinajstić information content (AvgIpc) is 3.37. The third-order valence-electron chi connectivity index (χ3n) is 6.08. The van der Waals surface area contributed by atoms with Crippen LogP contribution < -0.4 is 5.32 Å². The molecule has 1 fully saturated rings. The molecule has 0 aromatic heterocycles. The van der Waals surface area contributed by atoms with E-state index in [2.05, 4.69) is 54.1 Å². The number of β-amino-alcohol motifs (C(OH)–C–C–N with tert-alkyl or cyclic N) is 1. The number of aldehydes is 1. The molecule has 1 aliphatic rings. The standard InChI is InChI=1S/C16H15N.C8H11NO.C8H15NO.C3H6O/c1-2-4-13-7-9-15(10-8-13)16-6-3-5-14(11-16)12-17;1-6-3-7(9-2)5-8(10)4-6;1-7(2)5-9-4-3-8(10)6-9;1-2-3-4/h3,5-11H,2,4H2,1H3;3-5,9-10H,1-2H3;8,10H,1,3-6H2,2H3;3H,2H2,1H3. The second-order valence-corrected chi connectivity index (χ2v) is 10.2. The molecule has 0 saturated carbocycles. The fourth-order valence-corrected chi connectivity index (χ4v) is 4.17. The highest BCUT2D eigenvalue weighted by molar-refractivity contribution is 5.65. The number of likely N-dealkylation sites (tertiary alicyclic amines) is 1. The van der Waals surface area contributed by atoms with E-state index in [1.807, 2.05) is 58.2 Å². The van der Waals surface area contributed by atoms with Gasteiger partial charge in [0.2, 0.25) is 0 Å². The number of hydrogen-bond donors (Lipinski definition) is 3. The number of nitriles is 1. The Kier molecular flexibility index (Phi) is 17.2. The molecule has 1 unspecified atom stereocenters. The van der Waals surface area contributed by atoms with Crippen LogP contribution in [0.2, 0.25) is 0 Å². The maximum atomic E-state index is 9.17. The van der Waals surface area contributed by atoms with Gasteiger partial charge in [-0.15, -0.1) is 0 Å². The van der Waals surface area contributed by atoms with Gasteiger partial charge in [0.05, 0.1) is 17.7 Å². The van der Waals surface area contributed by atoms with Gasteiger partial charge in [-0.25, -0.2) is 0 Å². The molecule has 1 saturated heterocycles. The number of benzene rings is 3. The lowest BCUT2D eigenvalue weighted by Crippen LogP contribution is -2.23. The topological polar surface area (TPSA) is 96.6 Å². The summed E-state index contributed by atoms with van der Waals surface area (Å²) in [5, 5.41) is 30.0. The Morgan fingerprint density at radius 1 is 1.12 bits per heavy atom. The van der Waals surface area contributed by atoms with Crippen LogP contribution in [-0.4, -0.2) is 54.2 Å². The summed E-state index contributed by atoms with van der Waals surface area (Å²) in [4.78, 5) is 11.4. The van der Waals surface area contributed by atoms with Crippen LogP contribution in [0.15, 0.2) is 78.9 Å². The number of carbonyl (C=O) groups is 1. The first-order valence-corrected chi connectivity index (χ1v) is 14.2. The lowest BCUT2D eigenvalue weighted by atomic mass is 10.0. The maximum Gasteiger partial charge on any atom is 0.119 e. The molecule has 3 aromatic rings. The van der Waals surface area contributed by atoms with E-state index in [9.17, 15) is 4.79 Å². The molecule has 1 atom stereocenters. The summed E-state index contributed by atoms with van der Waals surface area (Å²) in [7, 11) is 1.83. The summed E-state index contributed by atoms with van der Waals surface area (Å²) in [6, 6.07) is 23.8. The largest absolute Gasteiger partial charge is 0.508 e.